The van der Waals surface area contributed by atoms with Gasteiger partial charge in [0.25, 0.3) is 0 Å². The molecule has 0 spiro atoms. The highest BCUT2D eigenvalue weighted by Crippen LogP contribution is 2.40. The number of hydrogen-bond acceptors (Lipinski definition) is 3. The maximum absolute atomic E-state index is 6.47. The summed E-state index contributed by atoms with van der Waals surface area (Å²) in [5.41, 5.74) is 6.68. The molecule has 1 saturated carbocycles. The zero-order valence-electron chi connectivity index (χ0n) is 12.1. The van der Waals surface area contributed by atoms with Crippen molar-refractivity contribution in [1.82, 2.24) is 14.8 Å². The number of nitrogens with two attached hydrogens (primary N) is 1. The first-order chi connectivity index (χ1) is 8.49. The zero-order chi connectivity index (χ0) is 13.3. The Morgan fingerprint density at radius 3 is 2.67 bits per heavy atom. The number of aromatic nitrogens is 3. The van der Waals surface area contributed by atoms with Gasteiger partial charge in [-0.05, 0) is 18.3 Å². The molecule has 4 heteroatoms. The van der Waals surface area contributed by atoms with Gasteiger partial charge in [0.2, 0.25) is 0 Å². The van der Waals surface area contributed by atoms with Gasteiger partial charge in [0.15, 0.2) is 5.82 Å². The van der Waals surface area contributed by atoms with Crippen LogP contribution in [-0.4, -0.2) is 20.8 Å². The third-order valence-corrected chi connectivity index (χ3v) is 4.33. The van der Waals surface area contributed by atoms with Crippen molar-refractivity contribution in [3.63, 3.8) is 0 Å². The largest absolute Gasteiger partial charge is 0.325 e. The molecule has 0 bridgehead atoms. The fourth-order valence-corrected chi connectivity index (χ4v) is 2.97. The molecule has 2 rings (SSSR count). The maximum Gasteiger partial charge on any atom is 0.150 e. The van der Waals surface area contributed by atoms with Crippen LogP contribution in [0.25, 0.3) is 0 Å². The number of hydrogen-bond donors (Lipinski definition) is 1. The van der Waals surface area contributed by atoms with Crippen molar-refractivity contribution in [2.24, 2.45) is 11.1 Å². The van der Waals surface area contributed by atoms with E-state index in [2.05, 4.69) is 42.5 Å². The lowest BCUT2D eigenvalue weighted by molar-refractivity contribution is 0.133. The van der Waals surface area contributed by atoms with Crippen molar-refractivity contribution >= 4 is 0 Å². The van der Waals surface area contributed by atoms with Gasteiger partial charge in [-0.2, -0.15) is 5.10 Å². The van der Waals surface area contributed by atoms with E-state index in [0.717, 1.165) is 30.9 Å². The van der Waals surface area contributed by atoms with Crippen LogP contribution in [0.1, 0.15) is 64.6 Å². The first kappa shape index (κ1) is 13.5. The molecule has 1 aliphatic rings. The Hall–Kier alpha value is -0.900. The van der Waals surface area contributed by atoms with E-state index < -0.39 is 0 Å². The molecule has 4 nitrogen and oxygen atoms in total. The zero-order valence-corrected chi connectivity index (χ0v) is 12.1. The number of aryl methyl sites for hydroxylation is 2. The van der Waals surface area contributed by atoms with Crippen molar-refractivity contribution in [3.8, 4) is 0 Å². The molecule has 1 heterocycles. The summed E-state index contributed by atoms with van der Waals surface area (Å²) >= 11 is 0. The Kier molecular flexibility index (Phi) is 3.76. The number of nitrogens with zero attached hydrogens (tertiary/aromatic N) is 3. The van der Waals surface area contributed by atoms with Crippen molar-refractivity contribution in [2.45, 2.75) is 71.9 Å². The Morgan fingerprint density at radius 2 is 2.06 bits per heavy atom. The van der Waals surface area contributed by atoms with Crippen LogP contribution in [-0.2, 0) is 12.8 Å². The van der Waals surface area contributed by atoms with Gasteiger partial charge in [0.1, 0.15) is 5.82 Å². The van der Waals surface area contributed by atoms with E-state index in [1.165, 1.54) is 12.8 Å². The lowest BCUT2D eigenvalue weighted by atomic mass is 9.71. The summed E-state index contributed by atoms with van der Waals surface area (Å²) in [7, 11) is 0. The SMILES string of the molecule is CCc1nc(CC)n(C2CCCC(C)(C)C2N)n1. The quantitative estimate of drug-likeness (QED) is 0.896. The van der Waals surface area contributed by atoms with Crippen LogP contribution < -0.4 is 5.73 Å². The molecule has 0 aliphatic heterocycles. The fraction of sp³-hybridized carbons (Fsp3) is 0.857. The molecular formula is C14H26N4. The van der Waals surface area contributed by atoms with Crippen LogP contribution in [0.4, 0.5) is 0 Å². The van der Waals surface area contributed by atoms with Crippen molar-refractivity contribution in [3.05, 3.63) is 11.6 Å². The minimum Gasteiger partial charge on any atom is -0.325 e. The summed E-state index contributed by atoms with van der Waals surface area (Å²) in [6, 6.07) is 0.486. The molecular weight excluding hydrogens is 224 g/mol. The van der Waals surface area contributed by atoms with Crippen LogP contribution in [0.3, 0.4) is 0 Å². The molecule has 1 aliphatic carbocycles. The second kappa shape index (κ2) is 5.00. The van der Waals surface area contributed by atoms with Gasteiger partial charge >= 0.3 is 0 Å². The van der Waals surface area contributed by atoms with E-state index in [1.54, 1.807) is 0 Å². The second-order valence-corrected chi connectivity index (χ2v) is 6.07. The minimum atomic E-state index is 0.169. The van der Waals surface area contributed by atoms with E-state index >= 15 is 0 Å². The molecule has 0 radical (unpaired) electrons. The highest BCUT2D eigenvalue weighted by atomic mass is 15.4. The van der Waals surface area contributed by atoms with E-state index in [1.807, 2.05) is 0 Å². The first-order valence-electron chi connectivity index (χ1n) is 7.19. The topological polar surface area (TPSA) is 56.7 Å². The summed E-state index contributed by atoms with van der Waals surface area (Å²) in [6.45, 7) is 8.78. The smallest absolute Gasteiger partial charge is 0.150 e. The number of rotatable bonds is 3. The Balaban J connectivity index is 2.32. The first-order valence-corrected chi connectivity index (χ1v) is 7.19. The molecule has 0 amide bonds. The fourth-order valence-electron chi connectivity index (χ4n) is 2.97. The van der Waals surface area contributed by atoms with Crippen molar-refractivity contribution in [1.29, 1.82) is 0 Å². The molecule has 0 aromatic carbocycles. The van der Waals surface area contributed by atoms with E-state index in [4.69, 9.17) is 5.73 Å². The van der Waals surface area contributed by atoms with Gasteiger partial charge < -0.3 is 5.73 Å². The van der Waals surface area contributed by atoms with Gasteiger partial charge in [-0.1, -0.05) is 34.1 Å². The van der Waals surface area contributed by atoms with E-state index in [9.17, 15) is 0 Å². The standard InChI is InChI=1S/C14H26N4/c1-5-11-16-12(6-2)18(17-11)10-8-7-9-14(3,4)13(10)15/h10,13H,5-9,15H2,1-4H3. The molecule has 0 saturated heterocycles. The molecule has 1 aromatic heterocycles. The van der Waals surface area contributed by atoms with Gasteiger partial charge in [-0.3, -0.25) is 0 Å². The average molecular weight is 250 g/mol. The highest BCUT2D eigenvalue weighted by Gasteiger charge is 2.38. The summed E-state index contributed by atoms with van der Waals surface area (Å²) in [6.07, 6.45) is 5.39. The third kappa shape index (κ3) is 2.30. The predicted octanol–water partition coefficient (Wildman–Crippen LogP) is 2.48. The second-order valence-electron chi connectivity index (χ2n) is 6.07. The maximum atomic E-state index is 6.47. The lowest BCUT2D eigenvalue weighted by Gasteiger charge is -2.42. The van der Waals surface area contributed by atoms with E-state index in [-0.39, 0.29) is 11.5 Å². The highest BCUT2D eigenvalue weighted by molar-refractivity contribution is 5.01. The van der Waals surface area contributed by atoms with Crippen molar-refractivity contribution < 1.29 is 0 Å². The summed E-state index contributed by atoms with van der Waals surface area (Å²) in [5, 5.41) is 4.66. The Labute approximate surface area is 110 Å². The molecule has 2 N–H and O–H groups in total. The van der Waals surface area contributed by atoms with Gasteiger partial charge in [0, 0.05) is 18.9 Å². The van der Waals surface area contributed by atoms with Crippen LogP contribution >= 0.6 is 0 Å². The molecule has 1 aromatic rings. The molecule has 18 heavy (non-hydrogen) atoms. The Bertz CT molecular complexity index is 408. The van der Waals surface area contributed by atoms with Gasteiger partial charge in [-0.25, -0.2) is 9.67 Å². The van der Waals surface area contributed by atoms with Gasteiger partial charge in [0.05, 0.1) is 6.04 Å². The monoisotopic (exact) mass is 250 g/mol. The minimum absolute atomic E-state index is 0.169. The predicted molar refractivity (Wildman–Crippen MR) is 73.4 cm³/mol. The average Bonchev–Trinajstić information content (AvgIpc) is 2.75. The summed E-state index contributed by atoms with van der Waals surface area (Å²) < 4.78 is 2.12. The molecule has 2 unspecified atom stereocenters. The molecule has 1 fully saturated rings. The summed E-state index contributed by atoms with van der Waals surface area (Å²) in [5.74, 6) is 2.03. The van der Waals surface area contributed by atoms with Crippen molar-refractivity contribution in [2.75, 3.05) is 0 Å². The van der Waals surface area contributed by atoms with E-state index in [0.29, 0.717) is 6.04 Å². The van der Waals surface area contributed by atoms with Crippen LogP contribution in [0, 0.1) is 5.41 Å². The van der Waals surface area contributed by atoms with Crippen LogP contribution in [0.2, 0.25) is 0 Å². The van der Waals surface area contributed by atoms with Gasteiger partial charge in [-0.15, -0.1) is 0 Å². The normalized spacial score (nSPS) is 27.4. The molecule has 102 valence electrons. The van der Waals surface area contributed by atoms with Crippen LogP contribution in [0.5, 0.6) is 0 Å². The third-order valence-electron chi connectivity index (χ3n) is 4.33. The summed E-state index contributed by atoms with van der Waals surface area (Å²) in [4.78, 5) is 4.60. The lowest BCUT2D eigenvalue weighted by Crippen LogP contribution is -2.47. The molecule has 2 atom stereocenters. The van der Waals surface area contributed by atoms with Crippen LogP contribution in [0.15, 0.2) is 0 Å². The Morgan fingerprint density at radius 1 is 1.33 bits per heavy atom.